The van der Waals surface area contributed by atoms with Gasteiger partial charge in [0.05, 0.1) is 16.7 Å². The highest BCUT2D eigenvalue weighted by Crippen LogP contribution is 2.29. The molecule has 0 atom stereocenters. The number of urea groups is 1. The highest BCUT2D eigenvalue weighted by atomic mass is 35.5. The second-order valence-electron chi connectivity index (χ2n) is 10.4. The molecule has 19 heteroatoms. The maximum atomic E-state index is 12.1. The molecule has 1 fully saturated rings. The summed E-state index contributed by atoms with van der Waals surface area (Å²) in [5.74, 6) is -4.75. The molecule has 12 nitrogen and oxygen atoms in total. The Morgan fingerprint density at radius 1 is 0.851 bits per heavy atom. The zero-order valence-electron chi connectivity index (χ0n) is 25.1. The van der Waals surface area contributed by atoms with Crippen LogP contribution < -0.4 is 10.6 Å². The normalized spacial score (nSPS) is 13.5. The van der Waals surface area contributed by atoms with Gasteiger partial charge in [-0.3, -0.25) is 9.30 Å². The number of aryl methyl sites for hydroxylation is 2. The number of nitrogens with one attached hydrogen (secondary N) is 2. The van der Waals surface area contributed by atoms with Gasteiger partial charge in [-0.25, -0.2) is 14.4 Å². The third-order valence-corrected chi connectivity index (χ3v) is 7.05. The molecular weight excluding hydrogens is 664 g/mol. The Morgan fingerprint density at radius 2 is 1.38 bits per heavy atom. The van der Waals surface area contributed by atoms with Crippen LogP contribution in [0.1, 0.15) is 35.5 Å². The zero-order valence-corrected chi connectivity index (χ0v) is 25.9. The van der Waals surface area contributed by atoms with E-state index in [-0.39, 0.29) is 6.03 Å². The molecule has 1 saturated heterocycles. The molecule has 2 amide bonds. The van der Waals surface area contributed by atoms with Crippen LogP contribution in [0.5, 0.6) is 0 Å². The monoisotopic (exact) mass is 693 g/mol. The highest BCUT2D eigenvalue weighted by molar-refractivity contribution is 6.30. The Labute approximate surface area is 267 Å². The molecule has 4 heterocycles. The number of carbonyl (C=O) groups excluding carboxylic acids is 1. The summed E-state index contributed by atoms with van der Waals surface area (Å²) in [7, 11) is 1.59. The fourth-order valence-electron chi connectivity index (χ4n) is 4.80. The first kappa shape index (κ1) is 36.9. The lowest BCUT2D eigenvalue weighted by Crippen LogP contribution is -2.24. The summed E-state index contributed by atoms with van der Waals surface area (Å²) < 4.78 is 67.7. The first-order valence-corrected chi connectivity index (χ1v) is 14.1. The number of likely N-dealkylation sites (tertiary alicyclic amines) is 1. The largest absolute Gasteiger partial charge is 0.490 e. The van der Waals surface area contributed by atoms with Gasteiger partial charge in [0.25, 0.3) is 0 Å². The van der Waals surface area contributed by atoms with Crippen molar-refractivity contribution in [3.63, 3.8) is 0 Å². The summed E-state index contributed by atoms with van der Waals surface area (Å²) >= 11 is 6.51. The van der Waals surface area contributed by atoms with Gasteiger partial charge in [-0.05, 0) is 75.2 Å². The number of anilines is 1. The summed E-state index contributed by atoms with van der Waals surface area (Å²) in [5, 5.41) is 29.0. The number of aromatic nitrogens is 4. The quantitative estimate of drug-likeness (QED) is 0.197. The number of halogens is 7. The lowest BCUT2D eigenvalue weighted by molar-refractivity contribution is -0.193. The van der Waals surface area contributed by atoms with Gasteiger partial charge >= 0.3 is 30.3 Å². The number of rotatable bonds is 5. The van der Waals surface area contributed by atoms with Crippen LogP contribution in [-0.4, -0.2) is 84.7 Å². The lowest BCUT2D eigenvalue weighted by atomic mass is 10.1. The lowest BCUT2D eigenvalue weighted by Gasteiger charge is -2.16. The molecule has 4 aromatic rings. The van der Waals surface area contributed by atoms with Crippen molar-refractivity contribution < 1.29 is 50.9 Å². The van der Waals surface area contributed by atoms with E-state index in [9.17, 15) is 31.1 Å². The first-order valence-electron chi connectivity index (χ1n) is 13.8. The predicted molar refractivity (Wildman–Crippen MR) is 158 cm³/mol. The van der Waals surface area contributed by atoms with E-state index in [0.29, 0.717) is 17.9 Å². The Balaban J connectivity index is 0.000000360. The van der Waals surface area contributed by atoms with Crippen molar-refractivity contribution in [1.29, 1.82) is 0 Å². The third kappa shape index (κ3) is 9.71. The van der Waals surface area contributed by atoms with Crippen LogP contribution in [0.25, 0.3) is 16.7 Å². The van der Waals surface area contributed by atoms with Crippen LogP contribution in [0.4, 0.5) is 36.8 Å². The maximum Gasteiger partial charge on any atom is 0.490 e. The van der Waals surface area contributed by atoms with Crippen molar-refractivity contribution in [1.82, 2.24) is 29.4 Å². The molecule has 0 spiro atoms. The van der Waals surface area contributed by atoms with Crippen LogP contribution in [0.15, 0.2) is 30.3 Å². The number of nitrogens with zero attached hydrogens (tertiary/aromatic N) is 5. The standard InChI is InChI=1S/C24H28ClN7O.2C2HF3O2/c1-15-8-22-21(12-20(27-24(33)26-3)23-29-28-16(2)32(22)23)31(15)14-18-9-17(10-19(25)11-18)13-30-6-4-5-7-30;2*3-2(4,5)1(6)7/h8-12H,4-7,13-14H2,1-3H3,(H2,26,27,33);2*(H,6,7). The van der Waals surface area contributed by atoms with Gasteiger partial charge in [0.15, 0.2) is 5.65 Å². The maximum absolute atomic E-state index is 12.1. The van der Waals surface area contributed by atoms with Gasteiger partial charge in [-0.1, -0.05) is 17.7 Å². The molecule has 1 aromatic carbocycles. The van der Waals surface area contributed by atoms with Crippen LogP contribution in [-0.2, 0) is 22.7 Å². The molecule has 0 bridgehead atoms. The van der Waals surface area contributed by atoms with Crippen molar-refractivity contribution in [2.75, 3.05) is 25.5 Å². The highest BCUT2D eigenvalue weighted by Gasteiger charge is 2.38. The number of benzene rings is 1. The molecule has 1 aliphatic heterocycles. The summed E-state index contributed by atoms with van der Waals surface area (Å²) in [5.41, 5.74) is 6.74. The number of fused-ring (bicyclic) bond motifs is 3. The number of alkyl halides is 6. The molecule has 0 aliphatic carbocycles. The van der Waals surface area contributed by atoms with Crippen LogP contribution in [0.2, 0.25) is 5.02 Å². The average Bonchev–Trinajstić information content (AvgIpc) is 3.68. The fourth-order valence-corrected chi connectivity index (χ4v) is 5.08. The number of carbonyl (C=O) groups is 3. The Hall–Kier alpha value is -4.58. The predicted octanol–water partition coefficient (Wildman–Crippen LogP) is 5.62. The van der Waals surface area contributed by atoms with E-state index in [1.165, 1.54) is 18.4 Å². The van der Waals surface area contributed by atoms with E-state index in [1.807, 2.05) is 23.5 Å². The molecule has 0 radical (unpaired) electrons. The van der Waals surface area contributed by atoms with E-state index in [1.54, 1.807) is 7.05 Å². The van der Waals surface area contributed by atoms with E-state index in [2.05, 4.69) is 55.4 Å². The molecule has 4 N–H and O–H groups in total. The van der Waals surface area contributed by atoms with Gasteiger partial charge in [-0.2, -0.15) is 26.3 Å². The number of amides is 2. The fraction of sp³-hybridized carbons (Fsp3) is 0.393. The molecule has 5 rings (SSSR count). The Bertz CT molecular complexity index is 1740. The van der Waals surface area contributed by atoms with Crippen LogP contribution in [0, 0.1) is 13.8 Å². The summed E-state index contributed by atoms with van der Waals surface area (Å²) in [6, 6.07) is 10.2. The van der Waals surface area contributed by atoms with Crippen molar-refractivity contribution in [2.24, 2.45) is 0 Å². The Morgan fingerprint density at radius 3 is 1.89 bits per heavy atom. The van der Waals surface area contributed by atoms with Gasteiger partial charge in [0, 0.05) is 30.9 Å². The number of carboxylic acid groups (broad SMARTS) is 2. The van der Waals surface area contributed by atoms with Gasteiger partial charge < -0.3 is 25.4 Å². The summed E-state index contributed by atoms with van der Waals surface area (Å²) in [6.07, 6.45) is -7.63. The number of pyridine rings is 1. The van der Waals surface area contributed by atoms with Gasteiger partial charge in [0.1, 0.15) is 5.82 Å². The third-order valence-electron chi connectivity index (χ3n) is 6.84. The van der Waals surface area contributed by atoms with E-state index < -0.39 is 24.3 Å². The number of hydrogen-bond acceptors (Lipinski definition) is 6. The topological polar surface area (TPSA) is 154 Å². The summed E-state index contributed by atoms with van der Waals surface area (Å²) in [6.45, 7) is 7.91. The zero-order chi connectivity index (χ0) is 35.3. The molecule has 0 unspecified atom stereocenters. The van der Waals surface area contributed by atoms with Gasteiger partial charge in [0.2, 0.25) is 0 Å². The van der Waals surface area contributed by atoms with Crippen LogP contribution >= 0.6 is 11.6 Å². The summed E-state index contributed by atoms with van der Waals surface area (Å²) in [4.78, 5) is 32.3. The van der Waals surface area contributed by atoms with E-state index >= 15 is 0 Å². The van der Waals surface area contributed by atoms with Crippen LogP contribution in [0.3, 0.4) is 0 Å². The average molecular weight is 694 g/mol. The minimum absolute atomic E-state index is 0.298. The molecular formula is C28H30ClF6N7O5. The molecule has 47 heavy (non-hydrogen) atoms. The minimum atomic E-state index is -5.08. The van der Waals surface area contributed by atoms with E-state index in [0.717, 1.165) is 52.8 Å². The SMILES string of the molecule is CNC(=O)Nc1cc2c(cc(C)n2Cc2cc(Cl)cc(CN3CCCC3)c2)n2c(C)nnc12.O=C(O)C(F)(F)F.O=C(O)C(F)(F)F. The smallest absolute Gasteiger partial charge is 0.475 e. The number of hydrogen-bond donors (Lipinski definition) is 4. The molecule has 0 saturated carbocycles. The number of carboxylic acids is 2. The molecule has 3 aromatic heterocycles. The van der Waals surface area contributed by atoms with Crippen molar-refractivity contribution in [3.8, 4) is 0 Å². The second kappa shape index (κ2) is 14.9. The van der Waals surface area contributed by atoms with Gasteiger partial charge in [-0.15, -0.1) is 10.2 Å². The van der Waals surface area contributed by atoms with E-state index in [4.69, 9.17) is 31.4 Å². The Kier molecular flexibility index (Phi) is 11.7. The minimum Gasteiger partial charge on any atom is -0.475 e. The number of aliphatic carboxylic acids is 2. The molecule has 256 valence electrons. The van der Waals surface area contributed by atoms with Crippen molar-refractivity contribution in [2.45, 2.75) is 52.1 Å². The molecule has 1 aliphatic rings. The van der Waals surface area contributed by atoms with Crippen molar-refractivity contribution >= 4 is 51.9 Å². The second-order valence-corrected chi connectivity index (χ2v) is 10.8. The first-order chi connectivity index (χ1) is 21.8. The van der Waals surface area contributed by atoms with Crippen molar-refractivity contribution in [3.05, 3.63) is 58.0 Å².